The number of rotatable bonds is 4. The minimum absolute atomic E-state index is 0. The molecule has 1 fully saturated rings. The highest BCUT2D eigenvalue weighted by Crippen LogP contribution is 2.33. The predicted molar refractivity (Wildman–Crippen MR) is 119 cm³/mol. The van der Waals surface area contributed by atoms with E-state index in [0.29, 0.717) is 60.2 Å². The van der Waals surface area contributed by atoms with Gasteiger partial charge in [-0.3, -0.25) is 15.0 Å². The molecular formula is C18H24Cl3FN4O3. The number of nitrogen functional groups attached to an aromatic ring is 1. The van der Waals surface area contributed by atoms with E-state index in [0.717, 1.165) is 0 Å². The van der Waals surface area contributed by atoms with E-state index in [4.69, 9.17) is 17.3 Å². The Balaban J connectivity index is 0.00000261. The summed E-state index contributed by atoms with van der Waals surface area (Å²) in [7, 11) is 0. The van der Waals surface area contributed by atoms with Crippen molar-refractivity contribution in [1.82, 2.24) is 4.90 Å². The Morgan fingerprint density at radius 3 is 2.38 bits per heavy atom. The quantitative estimate of drug-likeness (QED) is 0.418. The average Bonchev–Trinajstić information content (AvgIpc) is 2.61. The minimum Gasteiger partial charge on any atom is -0.412 e. The van der Waals surface area contributed by atoms with E-state index in [1.165, 1.54) is 12.1 Å². The number of nitrogens with zero attached hydrogens (tertiary/aromatic N) is 3. The van der Waals surface area contributed by atoms with E-state index in [1.54, 1.807) is 25.1 Å². The van der Waals surface area contributed by atoms with E-state index < -0.39 is 0 Å². The summed E-state index contributed by atoms with van der Waals surface area (Å²) >= 11 is 6.10. The van der Waals surface area contributed by atoms with Crippen LogP contribution in [0.3, 0.4) is 0 Å². The van der Waals surface area contributed by atoms with E-state index >= 15 is 0 Å². The smallest absolute Gasteiger partial charge is 0.292 e. The molecule has 2 aromatic carbocycles. The molecule has 1 saturated heterocycles. The van der Waals surface area contributed by atoms with Crippen LogP contribution in [0.25, 0.3) is 0 Å². The fourth-order valence-corrected chi connectivity index (χ4v) is 3.37. The lowest BCUT2D eigenvalue weighted by molar-refractivity contribution is -0.384. The van der Waals surface area contributed by atoms with Crippen molar-refractivity contribution in [2.24, 2.45) is 0 Å². The summed E-state index contributed by atoms with van der Waals surface area (Å²) < 4.78 is 14.0. The Labute approximate surface area is 185 Å². The van der Waals surface area contributed by atoms with Crippen LogP contribution in [-0.2, 0) is 6.54 Å². The zero-order valence-electron chi connectivity index (χ0n) is 15.7. The molecule has 1 aliphatic rings. The van der Waals surface area contributed by atoms with Gasteiger partial charge < -0.3 is 16.1 Å². The Kier molecular flexibility index (Phi) is 10.7. The lowest BCUT2D eigenvalue weighted by Crippen LogP contribution is -2.46. The van der Waals surface area contributed by atoms with E-state index in [2.05, 4.69) is 4.90 Å². The molecule has 29 heavy (non-hydrogen) atoms. The molecule has 11 heteroatoms. The zero-order chi connectivity index (χ0) is 18.8. The van der Waals surface area contributed by atoms with Gasteiger partial charge in [-0.15, -0.1) is 24.8 Å². The fourth-order valence-electron chi connectivity index (χ4n) is 3.15. The Morgan fingerprint density at radius 2 is 1.83 bits per heavy atom. The van der Waals surface area contributed by atoms with Crippen molar-refractivity contribution < 1.29 is 14.8 Å². The van der Waals surface area contributed by atoms with Gasteiger partial charge in [-0.2, -0.15) is 0 Å². The SMILES string of the molecule is Cc1cc([N+](=O)[O-])c(N2CCN(Cc3c(F)cccc3Cl)CC2)cc1N.Cl.Cl.O. The number of nitro groups is 1. The summed E-state index contributed by atoms with van der Waals surface area (Å²) in [6.07, 6.45) is 0. The third kappa shape index (κ3) is 6.07. The lowest BCUT2D eigenvalue weighted by Gasteiger charge is -2.36. The van der Waals surface area contributed by atoms with Crippen molar-refractivity contribution >= 4 is 53.5 Å². The first kappa shape index (κ1) is 27.2. The monoisotopic (exact) mass is 468 g/mol. The first-order valence-corrected chi connectivity index (χ1v) is 8.69. The van der Waals surface area contributed by atoms with Crippen LogP contribution in [0.5, 0.6) is 0 Å². The van der Waals surface area contributed by atoms with E-state index in [-0.39, 0.29) is 46.7 Å². The van der Waals surface area contributed by atoms with Crippen LogP contribution in [-0.4, -0.2) is 41.5 Å². The molecule has 0 unspecified atom stereocenters. The predicted octanol–water partition coefficient (Wildman–Crippen LogP) is 3.62. The topological polar surface area (TPSA) is 107 Å². The van der Waals surface area contributed by atoms with Crippen molar-refractivity contribution in [3.63, 3.8) is 0 Å². The van der Waals surface area contributed by atoms with Gasteiger partial charge in [-0.25, -0.2) is 4.39 Å². The molecule has 2 aromatic rings. The van der Waals surface area contributed by atoms with Gasteiger partial charge >= 0.3 is 0 Å². The average molecular weight is 470 g/mol. The molecule has 4 N–H and O–H groups in total. The van der Waals surface area contributed by atoms with Crippen LogP contribution < -0.4 is 10.6 Å². The molecule has 7 nitrogen and oxygen atoms in total. The van der Waals surface area contributed by atoms with Gasteiger partial charge in [0.1, 0.15) is 11.5 Å². The highest BCUT2D eigenvalue weighted by molar-refractivity contribution is 6.31. The highest BCUT2D eigenvalue weighted by Gasteiger charge is 2.25. The lowest BCUT2D eigenvalue weighted by atomic mass is 10.1. The molecule has 0 aromatic heterocycles. The molecule has 0 radical (unpaired) electrons. The number of benzene rings is 2. The van der Waals surface area contributed by atoms with Crippen LogP contribution in [0, 0.1) is 22.9 Å². The first-order chi connectivity index (χ1) is 12.4. The molecule has 0 aliphatic carbocycles. The highest BCUT2D eigenvalue weighted by atomic mass is 35.5. The van der Waals surface area contributed by atoms with Crippen LogP contribution >= 0.6 is 36.4 Å². The van der Waals surface area contributed by atoms with Crippen molar-refractivity contribution in [3.8, 4) is 0 Å². The molecule has 0 bridgehead atoms. The Bertz CT molecular complexity index is 829. The van der Waals surface area contributed by atoms with Crippen LogP contribution in [0.1, 0.15) is 11.1 Å². The largest absolute Gasteiger partial charge is 0.412 e. The second-order valence-corrected chi connectivity index (χ2v) is 6.83. The minimum atomic E-state index is -0.382. The summed E-state index contributed by atoms with van der Waals surface area (Å²) in [5, 5.41) is 11.8. The third-order valence-corrected chi connectivity index (χ3v) is 5.07. The number of aryl methyl sites for hydroxylation is 1. The number of halogens is 4. The van der Waals surface area contributed by atoms with Gasteiger partial charge in [-0.05, 0) is 30.7 Å². The number of nitro benzene ring substituents is 1. The van der Waals surface area contributed by atoms with Crippen LogP contribution in [0.4, 0.5) is 21.5 Å². The van der Waals surface area contributed by atoms with E-state index in [9.17, 15) is 14.5 Å². The maximum absolute atomic E-state index is 14.0. The van der Waals surface area contributed by atoms with Crippen molar-refractivity contribution in [1.29, 1.82) is 0 Å². The molecule has 162 valence electrons. The Hall–Kier alpha value is -1.84. The van der Waals surface area contributed by atoms with E-state index in [1.807, 2.05) is 4.90 Å². The van der Waals surface area contributed by atoms with Gasteiger partial charge in [0, 0.05) is 55.1 Å². The molecule has 1 heterocycles. The fraction of sp³-hybridized carbons (Fsp3) is 0.333. The number of nitrogens with two attached hydrogens (primary N) is 1. The molecule has 0 spiro atoms. The third-order valence-electron chi connectivity index (χ3n) is 4.72. The summed E-state index contributed by atoms with van der Waals surface area (Å²) in [5.41, 5.74) is 8.23. The number of anilines is 2. The number of hydrogen-bond acceptors (Lipinski definition) is 5. The van der Waals surface area contributed by atoms with Gasteiger partial charge in [-0.1, -0.05) is 17.7 Å². The molecule has 0 amide bonds. The van der Waals surface area contributed by atoms with Crippen LogP contribution in [0.2, 0.25) is 5.02 Å². The van der Waals surface area contributed by atoms with Gasteiger partial charge in [0.05, 0.1) is 4.92 Å². The Morgan fingerprint density at radius 1 is 1.21 bits per heavy atom. The number of piperazine rings is 1. The molecule has 0 atom stereocenters. The van der Waals surface area contributed by atoms with Crippen molar-refractivity contribution in [2.45, 2.75) is 13.5 Å². The van der Waals surface area contributed by atoms with Gasteiger partial charge in [0.25, 0.3) is 5.69 Å². The first-order valence-electron chi connectivity index (χ1n) is 8.31. The van der Waals surface area contributed by atoms with Crippen molar-refractivity contribution in [2.75, 3.05) is 36.8 Å². The number of hydrogen-bond donors (Lipinski definition) is 1. The molecular weight excluding hydrogens is 446 g/mol. The van der Waals surface area contributed by atoms with Gasteiger partial charge in [0.15, 0.2) is 0 Å². The molecule has 1 aliphatic heterocycles. The zero-order valence-corrected chi connectivity index (χ0v) is 18.1. The summed E-state index contributed by atoms with van der Waals surface area (Å²) in [5.74, 6) is -0.318. The van der Waals surface area contributed by atoms with Crippen LogP contribution in [0.15, 0.2) is 30.3 Å². The van der Waals surface area contributed by atoms with Crippen molar-refractivity contribution in [3.05, 3.63) is 62.4 Å². The summed E-state index contributed by atoms with van der Waals surface area (Å²) in [4.78, 5) is 15.0. The normalized spacial score (nSPS) is 13.7. The van der Waals surface area contributed by atoms with Gasteiger partial charge in [0.2, 0.25) is 0 Å². The second-order valence-electron chi connectivity index (χ2n) is 6.42. The summed E-state index contributed by atoms with van der Waals surface area (Å²) in [6.45, 7) is 4.65. The standard InChI is InChI=1S/C18H20ClFN4O2.2ClH.H2O/c1-12-9-18(24(25)26)17(10-16(12)21)23-7-5-22(6-8-23)11-13-14(19)3-2-4-15(13)20;;;/h2-4,9-10H,5-8,11,21H2,1H3;2*1H;1H2. The second kappa shape index (κ2) is 11.4. The maximum atomic E-state index is 14.0. The molecule has 3 rings (SSSR count). The summed E-state index contributed by atoms with van der Waals surface area (Å²) in [6, 6.07) is 7.83. The molecule has 0 saturated carbocycles. The maximum Gasteiger partial charge on any atom is 0.292 e.